The molecule has 1 aliphatic rings. The average Bonchev–Trinajstić information content (AvgIpc) is 3.44. The van der Waals surface area contributed by atoms with Gasteiger partial charge >= 0.3 is 0 Å². The van der Waals surface area contributed by atoms with E-state index in [0.717, 1.165) is 41.9 Å². The zero-order chi connectivity index (χ0) is 25.8. The van der Waals surface area contributed by atoms with E-state index in [2.05, 4.69) is 33.2 Å². The van der Waals surface area contributed by atoms with Gasteiger partial charge < -0.3 is 9.42 Å². The van der Waals surface area contributed by atoms with E-state index in [0.29, 0.717) is 35.4 Å². The molecule has 0 spiro atoms. The zero-order valence-corrected chi connectivity index (χ0v) is 21.2. The van der Waals surface area contributed by atoms with Crippen molar-refractivity contribution in [1.29, 1.82) is 5.26 Å². The van der Waals surface area contributed by atoms with E-state index in [-0.39, 0.29) is 11.8 Å². The molecular weight excluding hydrogens is 486 g/mol. The van der Waals surface area contributed by atoms with Crippen molar-refractivity contribution in [1.82, 2.24) is 19.9 Å². The summed E-state index contributed by atoms with van der Waals surface area (Å²) < 4.78 is 5.46. The van der Waals surface area contributed by atoms with E-state index >= 15 is 0 Å². The molecular formula is C29H26ClN5O2. The second kappa shape index (κ2) is 11.0. The molecule has 186 valence electrons. The standard InChI is InChI=1S/C29H26ClN5O2/c1-20(18-31)22-6-3-9-25(16-22)29(36)35-13-11-34(12-14-35)19-21-5-2-7-23(15-21)27-32-28(37-33-27)24-8-4-10-26(30)17-24/h2-10,15-17,20H,11-14,19H2,1H3. The molecule has 0 aliphatic carbocycles. The predicted molar refractivity (Wildman–Crippen MR) is 142 cm³/mol. The van der Waals surface area contributed by atoms with Gasteiger partial charge in [-0.1, -0.05) is 53.2 Å². The third-order valence-electron chi connectivity index (χ3n) is 6.58. The highest BCUT2D eigenvalue weighted by atomic mass is 35.5. The third-order valence-corrected chi connectivity index (χ3v) is 6.81. The number of amides is 1. The minimum absolute atomic E-state index is 0.0150. The number of hydrogen-bond acceptors (Lipinski definition) is 6. The molecule has 3 aromatic carbocycles. The van der Waals surface area contributed by atoms with Gasteiger partial charge in [0.1, 0.15) is 0 Å². The lowest BCUT2D eigenvalue weighted by molar-refractivity contribution is 0.0628. The first-order chi connectivity index (χ1) is 18.0. The smallest absolute Gasteiger partial charge is 0.258 e. The third kappa shape index (κ3) is 5.72. The summed E-state index contributed by atoms with van der Waals surface area (Å²) >= 11 is 6.09. The molecule has 4 aromatic rings. The molecule has 1 fully saturated rings. The van der Waals surface area contributed by atoms with Crippen molar-refractivity contribution < 1.29 is 9.32 Å². The van der Waals surface area contributed by atoms with Gasteiger partial charge in [-0.05, 0) is 54.4 Å². The first-order valence-corrected chi connectivity index (χ1v) is 12.6. The molecule has 1 aromatic heterocycles. The van der Waals surface area contributed by atoms with E-state index < -0.39 is 0 Å². The molecule has 5 rings (SSSR count). The van der Waals surface area contributed by atoms with Crippen molar-refractivity contribution in [3.8, 4) is 28.9 Å². The number of aromatic nitrogens is 2. The van der Waals surface area contributed by atoms with Gasteiger partial charge in [-0.2, -0.15) is 10.2 Å². The Hall–Kier alpha value is -3.99. The topological polar surface area (TPSA) is 86.3 Å². The number of carbonyl (C=O) groups is 1. The molecule has 0 bridgehead atoms. The summed E-state index contributed by atoms with van der Waals surface area (Å²) in [6, 6.07) is 25.1. The summed E-state index contributed by atoms with van der Waals surface area (Å²) in [5.41, 5.74) is 4.31. The fraction of sp³-hybridized carbons (Fsp3) is 0.241. The minimum atomic E-state index is -0.240. The Kier molecular flexibility index (Phi) is 7.31. The maximum Gasteiger partial charge on any atom is 0.258 e. The van der Waals surface area contributed by atoms with Crippen molar-refractivity contribution in [3.63, 3.8) is 0 Å². The number of hydrogen-bond donors (Lipinski definition) is 0. The summed E-state index contributed by atoms with van der Waals surface area (Å²) in [5.74, 6) is 0.731. The van der Waals surface area contributed by atoms with Crippen LogP contribution in [0.25, 0.3) is 22.8 Å². The highest BCUT2D eigenvalue weighted by Crippen LogP contribution is 2.25. The second-order valence-electron chi connectivity index (χ2n) is 9.18. The lowest BCUT2D eigenvalue weighted by Crippen LogP contribution is -2.48. The Morgan fingerprint density at radius 2 is 1.78 bits per heavy atom. The van der Waals surface area contributed by atoms with Crippen molar-refractivity contribution in [3.05, 3.63) is 94.5 Å². The van der Waals surface area contributed by atoms with Crippen molar-refractivity contribution >= 4 is 17.5 Å². The quantitative estimate of drug-likeness (QED) is 0.333. The molecule has 7 nitrogen and oxygen atoms in total. The van der Waals surface area contributed by atoms with Gasteiger partial charge in [-0.15, -0.1) is 0 Å². The number of benzene rings is 3. The number of halogens is 1. The van der Waals surface area contributed by atoms with E-state index in [1.165, 1.54) is 0 Å². The molecule has 1 atom stereocenters. The van der Waals surface area contributed by atoms with Crippen molar-refractivity contribution in [2.45, 2.75) is 19.4 Å². The van der Waals surface area contributed by atoms with Gasteiger partial charge in [0.2, 0.25) is 5.82 Å². The van der Waals surface area contributed by atoms with Crippen LogP contribution in [0, 0.1) is 11.3 Å². The molecule has 0 saturated carbocycles. The number of carbonyl (C=O) groups excluding carboxylic acids is 1. The summed E-state index contributed by atoms with van der Waals surface area (Å²) in [7, 11) is 0. The number of nitriles is 1. The lowest BCUT2D eigenvalue weighted by Gasteiger charge is -2.35. The van der Waals surface area contributed by atoms with Crippen LogP contribution < -0.4 is 0 Å². The van der Waals surface area contributed by atoms with Crippen molar-refractivity contribution in [2.75, 3.05) is 26.2 Å². The Morgan fingerprint density at radius 3 is 2.57 bits per heavy atom. The van der Waals surface area contributed by atoms with E-state index in [4.69, 9.17) is 16.1 Å². The Morgan fingerprint density at radius 1 is 1.03 bits per heavy atom. The van der Waals surface area contributed by atoms with Crippen LogP contribution >= 0.6 is 11.6 Å². The Labute approximate surface area is 220 Å². The van der Waals surface area contributed by atoms with Crippen LogP contribution in [0.5, 0.6) is 0 Å². The van der Waals surface area contributed by atoms with Gasteiger partial charge in [-0.25, -0.2) is 0 Å². The molecule has 37 heavy (non-hydrogen) atoms. The summed E-state index contributed by atoms with van der Waals surface area (Å²) in [6.45, 7) is 5.49. The van der Waals surface area contributed by atoms with Crippen molar-refractivity contribution in [2.24, 2.45) is 0 Å². The Balaban J connectivity index is 1.21. The molecule has 1 unspecified atom stereocenters. The molecule has 1 aliphatic heterocycles. The summed E-state index contributed by atoms with van der Waals surface area (Å²) in [5, 5.41) is 14.0. The molecule has 0 radical (unpaired) electrons. The van der Waals surface area contributed by atoms with E-state index in [1.54, 1.807) is 12.1 Å². The molecule has 1 amide bonds. The van der Waals surface area contributed by atoms with Gasteiger partial charge in [0.05, 0.1) is 12.0 Å². The normalized spacial score (nSPS) is 14.8. The van der Waals surface area contributed by atoms with Crippen LogP contribution in [-0.4, -0.2) is 52.0 Å². The largest absolute Gasteiger partial charge is 0.336 e. The zero-order valence-electron chi connectivity index (χ0n) is 20.5. The minimum Gasteiger partial charge on any atom is -0.336 e. The van der Waals surface area contributed by atoms with Crippen LogP contribution in [0.1, 0.15) is 34.3 Å². The molecule has 1 saturated heterocycles. The maximum atomic E-state index is 13.0. The van der Waals surface area contributed by atoms with E-state index in [9.17, 15) is 10.1 Å². The SMILES string of the molecule is CC(C#N)c1cccc(C(=O)N2CCN(Cc3cccc(-c4noc(-c5cccc(Cl)c5)n4)c3)CC2)c1. The molecule has 2 heterocycles. The number of nitrogens with zero attached hydrogens (tertiary/aromatic N) is 5. The first-order valence-electron chi connectivity index (χ1n) is 12.2. The highest BCUT2D eigenvalue weighted by Gasteiger charge is 2.23. The van der Waals surface area contributed by atoms with Crippen LogP contribution in [0.4, 0.5) is 0 Å². The van der Waals surface area contributed by atoms with Gasteiger partial charge in [0.15, 0.2) is 0 Å². The predicted octanol–water partition coefficient (Wildman–Crippen LogP) is 5.64. The van der Waals surface area contributed by atoms with Crippen LogP contribution in [-0.2, 0) is 6.54 Å². The number of rotatable bonds is 6. The fourth-order valence-electron chi connectivity index (χ4n) is 4.45. The average molecular weight is 512 g/mol. The number of piperazine rings is 1. The van der Waals surface area contributed by atoms with Crippen LogP contribution in [0.2, 0.25) is 5.02 Å². The molecule has 0 N–H and O–H groups in total. The maximum absolute atomic E-state index is 13.0. The van der Waals surface area contributed by atoms with Crippen LogP contribution in [0.15, 0.2) is 77.3 Å². The van der Waals surface area contributed by atoms with Gasteiger partial charge in [0.25, 0.3) is 11.8 Å². The second-order valence-corrected chi connectivity index (χ2v) is 9.61. The summed E-state index contributed by atoms with van der Waals surface area (Å²) in [6.07, 6.45) is 0. The van der Waals surface area contributed by atoms with Crippen LogP contribution in [0.3, 0.4) is 0 Å². The lowest BCUT2D eigenvalue weighted by atomic mass is 10.00. The van der Waals surface area contributed by atoms with E-state index in [1.807, 2.05) is 60.4 Å². The van der Waals surface area contributed by atoms with Gasteiger partial charge in [-0.3, -0.25) is 9.69 Å². The monoisotopic (exact) mass is 511 g/mol. The molecule has 8 heteroatoms. The van der Waals surface area contributed by atoms with Gasteiger partial charge in [0, 0.05) is 54.4 Å². The summed E-state index contributed by atoms with van der Waals surface area (Å²) in [4.78, 5) is 21.8. The first kappa shape index (κ1) is 24.7. The highest BCUT2D eigenvalue weighted by molar-refractivity contribution is 6.30. The Bertz CT molecular complexity index is 1450. The fourth-order valence-corrected chi connectivity index (χ4v) is 4.64.